The van der Waals surface area contributed by atoms with Crippen LogP contribution >= 0.6 is 0 Å². The first-order valence-electron chi connectivity index (χ1n) is 9.00. The highest BCUT2D eigenvalue weighted by Gasteiger charge is 2.67. The molecule has 2 aromatic rings. The van der Waals surface area contributed by atoms with Crippen LogP contribution in [0, 0.1) is 29.6 Å². The Hall–Kier alpha value is -2.17. The number of aromatic nitrogens is 2. The summed E-state index contributed by atoms with van der Waals surface area (Å²) in [6.45, 7) is 1.95. The lowest BCUT2D eigenvalue weighted by Gasteiger charge is -2.15. The number of amides is 1. The van der Waals surface area contributed by atoms with Crippen LogP contribution in [0.25, 0.3) is 10.9 Å². The van der Waals surface area contributed by atoms with Crippen LogP contribution in [-0.4, -0.2) is 15.6 Å². The van der Waals surface area contributed by atoms with Crippen molar-refractivity contribution in [3.05, 3.63) is 40.4 Å². The van der Waals surface area contributed by atoms with E-state index in [-0.39, 0.29) is 17.4 Å². The summed E-state index contributed by atoms with van der Waals surface area (Å²) < 4.78 is 1.38. The Morgan fingerprint density at radius 3 is 2.67 bits per heavy atom. The van der Waals surface area contributed by atoms with E-state index in [0.717, 1.165) is 11.8 Å². The van der Waals surface area contributed by atoms with Gasteiger partial charge < -0.3 is 0 Å². The fourth-order valence-electron chi connectivity index (χ4n) is 5.39. The zero-order valence-electron chi connectivity index (χ0n) is 13.7. The van der Waals surface area contributed by atoms with E-state index < -0.39 is 0 Å². The van der Waals surface area contributed by atoms with E-state index in [1.165, 1.54) is 23.9 Å². The lowest BCUT2D eigenvalue weighted by atomic mass is 10.0. The summed E-state index contributed by atoms with van der Waals surface area (Å²) in [7, 11) is 0. The van der Waals surface area contributed by atoms with Crippen LogP contribution < -0.4 is 11.0 Å². The average molecular weight is 323 g/mol. The second-order valence-corrected chi connectivity index (χ2v) is 7.53. The monoisotopic (exact) mass is 323 g/mol. The molecule has 1 heterocycles. The number of hydrogen-bond acceptors (Lipinski definition) is 3. The van der Waals surface area contributed by atoms with Gasteiger partial charge in [-0.15, -0.1) is 0 Å². The first-order valence-corrected chi connectivity index (χ1v) is 9.00. The molecule has 2 bridgehead atoms. The maximum Gasteiger partial charge on any atom is 0.280 e. The van der Waals surface area contributed by atoms with Crippen molar-refractivity contribution >= 4 is 16.8 Å². The number of nitrogens with one attached hydrogen (secondary N) is 1. The fourth-order valence-corrected chi connectivity index (χ4v) is 5.39. The van der Waals surface area contributed by atoms with Gasteiger partial charge in [0.1, 0.15) is 5.82 Å². The van der Waals surface area contributed by atoms with E-state index in [1.807, 2.05) is 25.1 Å². The average Bonchev–Trinajstić information content (AvgIpc) is 3.05. The second kappa shape index (κ2) is 4.91. The summed E-state index contributed by atoms with van der Waals surface area (Å²) in [6.07, 6.45) is 4.49. The number of benzene rings is 1. The zero-order chi connectivity index (χ0) is 16.4. The minimum absolute atomic E-state index is 0.00970. The van der Waals surface area contributed by atoms with E-state index in [1.54, 1.807) is 6.07 Å². The van der Waals surface area contributed by atoms with Crippen molar-refractivity contribution in [1.29, 1.82) is 0 Å². The maximum atomic E-state index is 12.8. The van der Waals surface area contributed by atoms with Crippen LogP contribution in [-0.2, 0) is 11.2 Å². The van der Waals surface area contributed by atoms with Crippen LogP contribution in [0.1, 0.15) is 32.0 Å². The predicted molar refractivity (Wildman–Crippen MR) is 91.0 cm³/mol. The molecule has 1 aromatic heterocycles. The van der Waals surface area contributed by atoms with Crippen molar-refractivity contribution in [3.63, 3.8) is 0 Å². The number of carbonyl (C=O) groups is 1. The summed E-state index contributed by atoms with van der Waals surface area (Å²) in [5, 5.41) is 0.547. The van der Waals surface area contributed by atoms with Crippen LogP contribution in [0.2, 0.25) is 0 Å². The topological polar surface area (TPSA) is 64.0 Å². The molecule has 0 radical (unpaired) electrons. The molecule has 0 spiro atoms. The number of fused-ring (bicyclic) bond motifs is 6. The Kier molecular flexibility index (Phi) is 2.91. The molecule has 0 saturated heterocycles. The number of rotatable bonds is 3. The van der Waals surface area contributed by atoms with Gasteiger partial charge in [-0.05, 0) is 55.1 Å². The minimum atomic E-state index is -0.181. The van der Waals surface area contributed by atoms with Crippen LogP contribution in [0.4, 0.5) is 0 Å². The largest absolute Gasteiger partial charge is 0.280 e. The summed E-state index contributed by atoms with van der Waals surface area (Å²) in [4.78, 5) is 30.1. The van der Waals surface area contributed by atoms with Gasteiger partial charge in [-0.1, -0.05) is 19.1 Å². The highest BCUT2D eigenvalue weighted by atomic mass is 16.2. The molecule has 4 unspecified atom stereocenters. The molecule has 1 amide bonds. The minimum Gasteiger partial charge on any atom is -0.273 e. The van der Waals surface area contributed by atoms with Crippen molar-refractivity contribution in [1.82, 2.24) is 9.66 Å². The third kappa shape index (κ3) is 1.84. The van der Waals surface area contributed by atoms with Crippen LogP contribution in [0.3, 0.4) is 0 Å². The van der Waals surface area contributed by atoms with E-state index in [0.29, 0.717) is 35.0 Å². The Balaban J connectivity index is 1.48. The fraction of sp³-hybridized carbons (Fsp3) is 0.526. The Morgan fingerprint density at radius 1 is 1.25 bits per heavy atom. The number of carbonyl (C=O) groups excluding carboxylic acids is 1. The quantitative estimate of drug-likeness (QED) is 0.943. The Labute approximate surface area is 140 Å². The highest BCUT2D eigenvalue weighted by Crippen LogP contribution is 2.69. The van der Waals surface area contributed by atoms with E-state index in [9.17, 15) is 9.59 Å². The van der Waals surface area contributed by atoms with Crippen molar-refractivity contribution < 1.29 is 4.79 Å². The molecule has 5 rings (SSSR count). The lowest BCUT2D eigenvalue weighted by Crippen LogP contribution is -2.37. The highest BCUT2D eigenvalue weighted by molar-refractivity contribution is 5.90. The molecular formula is C19H21N3O2. The Morgan fingerprint density at radius 2 is 1.96 bits per heavy atom. The second-order valence-electron chi connectivity index (χ2n) is 7.53. The molecule has 5 heteroatoms. The third-order valence-corrected chi connectivity index (χ3v) is 6.42. The number of nitrogens with zero attached hydrogens (tertiary/aromatic N) is 2. The van der Waals surface area contributed by atoms with Crippen molar-refractivity contribution in [2.75, 3.05) is 5.43 Å². The van der Waals surface area contributed by atoms with Crippen LogP contribution in [0.5, 0.6) is 0 Å². The molecule has 3 fully saturated rings. The molecule has 3 aliphatic rings. The first kappa shape index (κ1) is 14.2. The van der Waals surface area contributed by atoms with Crippen molar-refractivity contribution in [2.24, 2.45) is 29.6 Å². The van der Waals surface area contributed by atoms with Gasteiger partial charge in [0, 0.05) is 12.3 Å². The molecule has 124 valence electrons. The summed E-state index contributed by atoms with van der Waals surface area (Å²) >= 11 is 0. The lowest BCUT2D eigenvalue weighted by molar-refractivity contribution is -0.119. The predicted octanol–water partition coefficient (Wildman–Crippen LogP) is 2.32. The van der Waals surface area contributed by atoms with Gasteiger partial charge in [0.05, 0.1) is 10.9 Å². The summed E-state index contributed by atoms with van der Waals surface area (Å²) in [5.41, 5.74) is 3.39. The molecule has 5 nitrogen and oxygen atoms in total. The van der Waals surface area contributed by atoms with Gasteiger partial charge in [0.2, 0.25) is 5.91 Å². The SMILES string of the molecule is CCc1nc2ccccc2c(=O)n1NC(=O)C1C2C3CCC(C3)C12. The molecule has 3 saturated carbocycles. The summed E-state index contributed by atoms with van der Waals surface area (Å²) in [6, 6.07) is 7.30. The van der Waals surface area contributed by atoms with E-state index in [2.05, 4.69) is 10.4 Å². The normalized spacial score (nSPS) is 32.8. The van der Waals surface area contributed by atoms with E-state index in [4.69, 9.17) is 0 Å². The molecule has 1 N–H and O–H groups in total. The summed E-state index contributed by atoms with van der Waals surface area (Å²) in [5.74, 6) is 3.35. The number of hydrogen-bond donors (Lipinski definition) is 1. The number of aryl methyl sites for hydroxylation is 1. The van der Waals surface area contributed by atoms with Gasteiger partial charge in [-0.3, -0.25) is 15.0 Å². The molecule has 24 heavy (non-hydrogen) atoms. The third-order valence-electron chi connectivity index (χ3n) is 6.42. The molecule has 4 atom stereocenters. The van der Waals surface area contributed by atoms with Gasteiger partial charge >= 0.3 is 0 Å². The number of para-hydroxylation sites is 1. The van der Waals surface area contributed by atoms with Gasteiger partial charge in [-0.25, -0.2) is 9.66 Å². The van der Waals surface area contributed by atoms with Crippen molar-refractivity contribution in [2.45, 2.75) is 32.6 Å². The Bertz CT molecular complexity index is 887. The van der Waals surface area contributed by atoms with Crippen molar-refractivity contribution in [3.8, 4) is 0 Å². The van der Waals surface area contributed by atoms with Gasteiger partial charge in [0.25, 0.3) is 5.56 Å². The molecular weight excluding hydrogens is 302 g/mol. The maximum absolute atomic E-state index is 12.8. The van der Waals surface area contributed by atoms with E-state index >= 15 is 0 Å². The first-order chi connectivity index (χ1) is 11.7. The zero-order valence-corrected chi connectivity index (χ0v) is 13.7. The van der Waals surface area contributed by atoms with Gasteiger partial charge in [0.15, 0.2) is 0 Å². The molecule has 1 aromatic carbocycles. The standard InChI is InChI=1S/C19H21N3O2/c1-2-14-20-13-6-4-3-5-12(13)19(24)22(14)21-18(23)17-15-10-7-8-11(9-10)16(15)17/h3-6,10-11,15-17H,2,7-9H2,1H3,(H,21,23). The molecule has 0 aliphatic heterocycles. The van der Waals surface area contributed by atoms with Crippen LogP contribution in [0.15, 0.2) is 29.1 Å². The molecule has 3 aliphatic carbocycles. The van der Waals surface area contributed by atoms with Gasteiger partial charge in [-0.2, -0.15) is 0 Å². The smallest absolute Gasteiger partial charge is 0.273 e.